The van der Waals surface area contributed by atoms with Crippen LogP contribution in [0.2, 0.25) is 0 Å². The lowest BCUT2D eigenvalue weighted by Crippen LogP contribution is -2.39. The van der Waals surface area contributed by atoms with Crippen molar-refractivity contribution in [1.82, 2.24) is 10.0 Å². The van der Waals surface area contributed by atoms with E-state index in [-0.39, 0.29) is 6.17 Å². The zero-order valence-electron chi connectivity index (χ0n) is 5.46. The summed E-state index contributed by atoms with van der Waals surface area (Å²) in [7, 11) is 4.06. The molecular weight excluding hydrogens is 102 g/mol. The Labute approximate surface area is 50.0 Å². The normalized spacial score (nSPS) is 34.1. The van der Waals surface area contributed by atoms with Gasteiger partial charge in [0.25, 0.3) is 0 Å². The van der Waals surface area contributed by atoms with E-state index in [0.29, 0.717) is 0 Å². The van der Waals surface area contributed by atoms with Crippen molar-refractivity contribution in [2.45, 2.75) is 12.6 Å². The van der Waals surface area contributed by atoms with Gasteiger partial charge in [0.2, 0.25) is 0 Å². The van der Waals surface area contributed by atoms with E-state index in [4.69, 9.17) is 5.73 Å². The minimum Gasteiger partial charge on any atom is -0.315 e. The molecule has 1 fully saturated rings. The molecule has 1 unspecified atom stereocenters. The molecule has 0 aromatic carbocycles. The van der Waals surface area contributed by atoms with Crippen molar-refractivity contribution in [1.29, 1.82) is 0 Å². The third-order valence-electron chi connectivity index (χ3n) is 1.77. The van der Waals surface area contributed by atoms with Gasteiger partial charge in [-0.3, -0.25) is 0 Å². The van der Waals surface area contributed by atoms with Crippen LogP contribution in [-0.4, -0.2) is 36.8 Å². The predicted octanol–water partition coefficient (Wildman–Crippen LogP) is -0.546. The molecule has 0 amide bonds. The number of hydrogen-bond donors (Lipinski definition) is 1. The van der Waals surface area contributed by atoms with E-state index >= 15 is 0 Å². The summed E-state index contributed by atoms with van der Waals surface area (Å²) in [6, 6.07) is 0. The molecule has 48 valence electrons. The zero-order valence-corrected chi connectivity index (χ0v) is 5.46. The summed E-state index contributed by atoms with van der Waals surface area (Å²) in [6.07, 6.45) is 1.34. The lowest BCUT2D eigenvalue weighted by molar-refractivity contribution is 0.0554. The smallest absolute Gasteiger partial charge is 0.0719 e. The summed E-state index contributed by atoms with van der Waals surface area (Å²) in [5.74, 6) is 0. The van der Waals surface area contributed by atoms with Gasteiger partial charge in [-0.15, -0.1) is 0 Å². The lowest BCUT2D eigenvalue weighted by atomic mass is 10.4. The van der Waals surface area contributed by atoms with Crippen LogP contribution >= 0.6 is 0 Å². The van der Waals surface area contributed by atoms with Crippen molar-refractivity contribution in [3.63, 3.8) is 0 Å². The standard InChI is InChI=1S/C5H13N3/c1-7-4-3-5(6)8(7)2/h5H,3-4,6H2,1-2H3. The van der Waals surface area contributed by atoms with Crippen molar-refractivity contribution < 1.29 is 0 Å². The number of nitrogens with zero attached hydrogens (tertiary/aromatic N) is 2. The fourth-order valence-corrected chi connectivity index (χ4v) is 0.917. The van der Waals surface area contributed by atoms with E-state index < -0.39 is 0 Å². The molecule has 2 N–H and O–H groups in total. The van der Waals surface area contributed by atoms with E-state index in [1.165, 1.54) is 0 Å². The van der Waals surface area contributed by atoms with Gasteiger partial charge in [0.1, 0.15) is 0 Å². The van der Waals surface area contributed by atoms with E-state index in [1.54, 1.807) is 0 Å². The summed E-state index contributed by atoms with van der Waals surface area (Å²) < 4.78 is 0. The monoisotopic (exact) mass is 115 g/mol. The van der Waals surface area contributed by atoms with Crippen molar-refractivity contribution in [3.8, 4) is 0 Å². The first-order chi connectivity index (χ1) is 3.72. The highest BCUT2D eigenvalue weighted by Gasteiger charge is 2.20. The molecule has 3 heteroatoms. The van der Waals surface area contributed by atoms with E-state index in [9.17, 15) is 0 Å². The van der Waals surface area contributed by atoms with E-state index in [0.717, 1.165) is 13.0 Å². The highest BCUT2D eigenvalue weighted by atomic mass is 15.6. The molecule has 0 aliphatic carbocycles. The molecule has 1 aliphatic heterocycles. The highest BCUT2D eigenvalue weighted by Crippen LogP contribution is 2.07. The summed E-state index contributed by atoms with van der Waals surface area (Å²) in [5.41, 5.74) is 5.65. The fraction of sp³-hybridized carbons (Fsp3) is 1.00. The van der Waals surface area contributed by atoms with Gasteiger partial charge in [0.15, 0.2) is 0 Å². The van der Waals surface area contributed by atoms with E-state index in [2.05, 4.69) is 10.0 Å². The van der Waals surface area contributed by atoms with Crippen LogP contribution in [0.1, 0.15) is 6.42 Å². The molecular formula is C5H13N3. The van der Waals surface area contributed by atoms with Crippen LogP contribution in [0.5, 0.6) is 0 Å². The topological polar surface area (TPSA) is 32.5 Å². The first kappa shape index (κ1) is 6.01. The Bertz CT molecular complexity index is 73.7. The fourth-order valence-electron chi connectivity index (χ4n) is 0.917. The first-order valence-corrected chi connectivity index (χ1v) is 2.91. The summed E-state index contributed by atoms with van der Waals surface area (Å²) in [6.45, 7) is 1.09. The maximum atomic E-state index is 5.65. The molecule has 0 radical (unpaired) electrons. The van der Waals surface area contributed by atoms with Crippen LogP contribution in [-0.2, 0) is 0 Å². The molecule has 0 saturated carbocycles. The minimum atomic E-state index is 0.250. The second kappa shape index (κ2) is 2.01. The summed E-state index contributed by atoms with van der Waals surface area (Å²) >= 11 is 0. The van der Waals surface area contributed by atoms with Gasteiger partial charge in [-0.05, 0) is 6.42 Å². The molecule has 1 rings (SSSR count). The molecule has 1 aliphatic rings. The van der Waals surface area contributed by atoms with E-state index in [1.807, 2.05) is 14.1 Å². The van der Waals surface area contributed by atoms with Crippen LogP contribution in [0.25, 0.3) is 0 Å². The zero-order chi connectivity index (χ0) is 6.15. The second-order valence-electron chi connectivity index (χ2n) is 2.31. The van der Waals surface area contributed by atoms with Gasteiger partial charge in [0.05, 0.1) is 6.17 Å². The Hall–Kier alpha value is -0.120. The number of hydrazine groups is 1. The van der Waals surface area contributed by atoms with Crippen LogP contribution < -0.4 is 5.73 Å². The molecule has 0 spiro atoms. The van der Waals surface area contributed by atoms with Crippen LogP contribution in [0.4, 0.5) is 0 Å². The Kier molecular flexibility index (Phi) is 1.51. The Morgan fingerprint density at radius 2 is 2.12 bits per heavy atom. The third-order valence-corrected chi connectivity index (χ3v) is 1.77. The minimum absolute atomic E-state index is 0.250. The van der Waals surface area contributed by atoms with Gasteiger partial charge in [-0.2, -0.15) is 0 Å². The molecule has 1 heterocycles. The highest BCUT2D eigenvalue weighted by molar-refractivity contribution is 4.67. The van der Waals surface area contributed by atoms with Crippen molar-refractivity contribution in [3.05, 3.63) is 0 Å². The summed E-state index contributed by atoms with van der Waals surface area (Å²) in [4.78, 5) is 0. The molecule has 1 atom stereocenters. The maximum Gasteiger partial charge on any atom is 0.0719 e. The van der Waals surface area contributed by atoms with Gasteiger partial charge < -0.3 is 5.73 Å². The van der Waals surface area contributed by atoms with Gasteiger partial charge >= 0.3 is 0 Å². The van der Waals surface area contributed by atoms with Gasteiger partial charge in [-0.25, -0.2) is 10.0 Å². The van der Waals surface area contributed by atoms with Crippen LogP contribution in [0.3, 0.4) is 0 Å². The van der Waals surface area contributed by atoms with Crippen LogP contribution in [0.15, 0.2) is 0 Å². The predicted molar refractivity (Wildman–Crippen MR) is 33.0 cm³/mol. The lowest BCUT2D eigenvalue weighted by Gasteiger charge is -2.21. The number of rotatable bonds is 0. The van der Waals surface area contributed by atoms with Crippen LogP contribution in [0, 0.1) is 0 Å². The molecule has 0 aromatic rings. The summed E-state index contributed by atoms with van der Waals surface area (Å²) in [5, 5.41) is 4.19. The molecule has 0 aromatic heterocycles. The Morgan fingerprint density at radius 3 is 2.25 bits per heavy atom. The second-order valence-corrected chi connectivity index (χ2v) is 2.31. The van der Waals surface area contributed by atoms with Crippen molar-refractivity contribution >= 4 is 0 Å². The number of nitrogens with two attached hydrogens (primary N) is 1. The first-order valence-electron chi connectivity index (χ1n) is 2.91. The molecule has 0 bridgehead atoms. The van der Waals surface area contributed by atoms with Gasteiger partial charge in [0, 0.05) is 20.6 Å². The average Bonchev–Trinajstić information content (AvgIpc) is 1.98. The quantitative estimate of drug-likeness (QED) is 0.460. The molecule has 3 nitrogen and oxygen atoms in total. The average molecular weight is 115 g/mol. The SMILES string of the molecule is CN1CCC(N)N1C. The Balaban J connectivity index is 2.44. The third kappa shape index (κ3) is 0.844. The molecule has 1 saturated heterocycles. The maximum absolute atomic E-state index is 5.65. The molecule has 8 heavy (non-hydrogen) atoms. The van der Waals surface area contributed by atoms with Gasteiger partial charge in [-0.1, -0.05) is 0 Å². The number of hydrogen-bond acceptors (Lipinski definition) is 3. The van der Waals surface area contributed by atoms with Crippen molar-refractivity contribution in [2.24, 2.45) is 5.73 Å². The Morgan fingerprint density at radius 1 is 1.50 bits per heavy atom. The van der Waals surface area contributed by atoms with Crippen molar-refractivity contribution in [2.75, 3.05) is 20.6 Å². The largest absolute Gasteiger partial charge is 0.315 e.